The summed E-state index contributed by atoms with van der Waals surface area (Å²) in [6.45, 7) is 5.52. The lowest BCUT2D eigenvalue weighted by Crippen LogP contribution is -2.34. The Kier molecular flexibility index (Phi) is 7.39. The van der Waals surface area contributed by atoms with Crippen LogP contribution < -0.4 is 5.32 Å². The molecule has 3 N–H and O–H groups in total. The van der Waals surface area contributed by atoms with E-state index < -0.39 is 6.10 Å². The average molecular weight is 177 g/mol. The Hall–Kier alpha value is -0.160. The molecule has 0 saturated heterocycles. The molecule has 2 atom stereocenters. The summed E-state index contributed by atoms with van der Waals surface area (Å²) in [7, 11) is 0. The molecule has 0 heterocycles. The molecule has 0 amide bonds. The van der Waals surface area contributed by atoms with E-state index in [0.717, 1.165) is 0 Å². The third kappa shape index (κ3) is 6.54. The van der Waals surface area contributed by atoms with Gasteiger partial charge < -0.3 is 20.3 Å². The van der Waals surface area contributed by atoms with Gasteiger partial charge in [0.15, 0.2) is 0 Å². The first-order valence-corrected chi connectivity index (χ1v) is 4.32. The zero-order valence-electron chi connectivity index (χ0n) is 7.79. The zero-order chi connectivity index (χ0) is 9.40. The van der Waals surface area contributed by atoms with Gasteiger partial charge in [0.2, 0.25) is 0 Å². The first-order valence-electron chi connectivity index (χ1n) is 4.32. The number of hydrogen-bond acceptors (Lipinski definition) is 4. The molecule has 12 heavy (non-hydrogen) atoms. The van der Waals surface area contributed by atoms with Crippen LogP contribution >= 0.6 is 0 Å². The molecule has 0 spiro atoms. The zero-order valence-corrected chi connectivity index (χ0v) is 7.79. The van der Waals surface area contributed by atoms with Gasteiger partial charge in [0, 0.05) is 19.7 Å². The second-order valence-corrected chi connectivity index (χ2v) is 2.76. The van der Waals surface area contributed by atoms with E-state index >= 15 is 0 Å². The quantitative estimate of drug-likeness (QED) is 0.484. The second kappa shape index (κ2) is 7.49. The molecule has 0 radical (unpaired) electrons. The van der Waals surface area contributed by atoms with E-state index in [2.05, 4.69) is 5.32 Å². The number of aliphatic hydroxyl groups excluding tert-OH is 2. The maximum atomic E-state index is 8.95. The molecule has 0 aromatic carbocycles. The van der Waals surface area contributed by atoms with Crippen molar-refractivity contribution in [3.05, 3.63) is 0 Å². The van der Waals surface area contributed by atoms with Gasteiger partial charge in [0.05, 0.1) is 18.8 Å². The van der Waals surface area contributed by atoms with E-state index in [-0.39, 0.29) is 12.7 Å². The molecule has 0 fully saturated rings. The number of nitrogens with one attached hydrogen (secondary N) is 1. The minimum absolute atomic E-state index is 0.154. The fourth-order valence-electron chi connectivity index (χ4n) is 0.861. The molecular weight excluding hydrogens is 158 g/mol. The van der Waals surface area contributed by atoms with Gasteiger partial charge >= 0.3 is 0 Å². The Labute approximate surface area is 73.5 Å². The molecule has 0 bridgehead atoms. The summed E-state index contributed by atoms with van der Waals surface area (Å²) in [6.07, 6.45) is -0.514. The van der Waals surface area contributed by atoms with Gasteiger partial charge in [-0.3, -0.25) is 0 Å². The van der Waals surface area contributed by atoms with Crippen molar-refractivity contribution in [3.8, 4) is 0 Å². The molecule has 0 aromatic heterocycles. The fraction of sp³-hybridized carbons (Fsp3) is 1.00. The van der Waals surface area contributed by atoms with Crippen molar-refractivity contribution in [2.24, 2.45) is 0 Å². The van der Waals surface area contributed by atoms with Gasteiger partial charge in [0.25, 0.3) is 0 Å². The average Bonchev–Trinajstić information content (AvgIpc) is 2.04. The summed E-state index contributed by atoms with van der Waals surface area (Å²) in [5.41, 5.74) is 0. The minimum atomic E-state index is -0.668. The van der Waals surface area contributed by atoms with E-state index in [1.165, 1.54) is 0 Å². The molecule has 0 aliphatic rings. The predicted molar refractivity (Wildman–Crippen MR) is 47.1 cm³/mol. The fourth-order valence-corrected chi connectivity index (χ4v) is 0.861. The summed E-state index contributed by atoms with van der Waals surface area (Å²) < 4.78 is 5.25. The van der Waals surface area contributed by atoms with Crippen LogP contribution in [0.1, 0.15) is 13.8 Å². The standard InChI is InChI=1S/C8H19NO3/c1-3-12-7(2)4-9-5-8(11)6-10/h7-11H,3-6H2,1-2H3/t7?,8-/m0/s1. The van der Waals surface area contributed by atoms with E-state index in [9.17, 15) is 0 Å². The first kappa shape index (κ1) is 11.8. The lowest BCUT2D eigenvalue weighted by Gasteiger charge is -2.13. The van der Waals surface area contributed by atoms with Gasteiger partial charge in [0.1, 0.15) is 0 Å². The summed E-state index contributed by atoms with van der Waals surface area (Å²) in [5.74, 6) is 0. The van der Waals surface area contributed by atoms with Crippen molar-refractivity contribution in [2.75, 3.05) is 26.3 Å². The smallest absolute Gasteiger partial charge is 0.0894 e. The number of rotatable bonds is 7. The van der Waals surface area contributed by atoms with Gasteiger partial charge in [-0.2, -0.15) is 0 Å². The van der Waals surface area contributed by atoms with Crippen molar-refractivity contribution in [3.63, 3.8) is 0 Å². The molecule has 0 saturated carbocycles. The van der Waals surface area contributed by atoms with Crippen LogP contribution in [0.15, 0.2) is 0 Å². The monoisotopic (exact) mass is 177 g/mol. The van der Waals surface area contributed by atoms with Crippen LogP contribution in [0.4, 0.5) is 0 Å². The first-order chi connectivity index (χ1) is 5.70. The Balaban J connectivity index is 3.18. The normalized spacial score (nSPS) is 16.0. The second-order valence-electron chi connectivity index (χ2n) is 2.76. The molecule has 0 aliphatic heterocycles. The van der Waals surface area contributed by atoms with E-state index in [1.54, 1.807) is 0 Å². The summed E-state index contributed by atoms with van der Waals surface area (Å²) >= 11 is 0. The van der Waals surface area contributed by atoms with Crippen LogP contribution in [0.5, 0.6) is 0 Å². The highest BCUT2D eigenvalue weighted by Crippen LogP contribution is 1.87. The molecule has 0 aromatic rings. The maximum absolute atomic E-state index is 8.95. The van der Waals surface area contributed by atoms with Crippen molar-refractivity contribution in [1.82, 2.24) is 5.32 Å². The Bertz CT molecular complexity index is 100. The molecule has 74 valence electrons. The molecule has 0 rings (SSSR count). The van der Waals surface area contributed by atoms with Crippen molar-refractivity contribution < 1.29 is 14.9 Å². The van der Waals surface area contributed by atoms with Gasteiger partial charge in [-0.05, 0) is 13.8 Å². The Morgan fingerprint density at radius 3 is 2.58 bits per heavy atom. The van der Waals surface area contributed by atoms with Crippen LogP contribution in [0.25, 0.3) is 0 Å². The lowest BCUT2D eigenvalue weighted by molar-refractivity contribution is 0.0645. The van der Waals surface area contributed by atoms with E-state index in [0.29, 0.717) is 19.7 Å². The van der Waals surface area contributed by atoms with Gasteiger partial charge in [-0.1, -0.05) is 0 Å². The summed E-state index contributed by atoms with van der Waals surface area (Å²) in [5, 5.41) is 20.4. The molecule has 1 unspecified atom stereocenters. The summed E-state index contributed by atoms with van der Waals surface area (Å²) in [4.78, 5) is 0. The van der Waals surface area contributed by atoms with Crippen molar-refractivity contribution in [1.29, 1.82) is 0 Å². The van der Waals surface area contributed by atoms with Crippen LogP contribution in [-0.2, 0) is 4.74 Å². The topological polar surface area (TPSA) is 61.7 Å². The van der Waals surface area contributed by atoms with Crippen LogP contribution in [0.3, 0.4) is 0 Å². The summed E-state index contributed by atoms with van der Waals surface area (Å²) in [6, 6.07) is 0. The van der Waals surface area contributed by atoms with Gasteiger partial charge in [-0.25, -0.2) is 0 Å². The predicted octanol–water partition coefficient (Wildman–Crippen LogP) is -0.646. The third-order valence-electron chi connectivity index (χ3n) is 1.47. The molecule has 4 nitrogen and oxygen atoms in total. The van der Waals surface area contributed by atoms with Crippen LogP contribution in [0.2, 0.25) is 0 Å². The largest absolute Gasteiger partial charge is 0.394 e. The van der Waals surface area contributed by atoms with Crippen molar-refractivity contribution >= 4 is 0 Å². The third-order valence-corrected chi connectivity index (χ3v) is 1.47. The number of hydrogen-bond donors (Lipinski definition) is 3. The Morgan fingerprint density at radius 2 is 2.08 bits per heavy atom. The van der Waals surface area contributed by atoms with E-state index in [4.69, 9.17) is 14.9 Å². The highest BCUT2D eigenvalue weighted by atomic mass is 16.5. The van der Waals surface area contributed by atoms with Crippen LogP contribution in [0, 0.1) is 0 Å². The molecule has 0 aliphatic carbocycles. The maximum Gasteiger partial charge on any atom is 0.0894 e. The van der Waals surface area contributed by atoms with Crippen LogP contribution in [-0.4, -0.2) is 48.7 Å². The number of aliphatic hydroxyl groups is 2. The number of ether oxygens (including phenoxy) is 1. The van der Waals surface area contributed by atoms with Crippen molar-refractivity contribution in [2.45, 2.75) is 26.1 Å². The molecular formula is C8H19NO3. The lowest BCUT2D eigenvalue weighted by atomic mass is 10.3. The SMILES string of the molecule is CCOC(C)CNC[C@H](O)CO. The van der Waals surface area contributed by atoms with E-state index in [1.807, 2.05) is 13.8 Å². The highest BCUT2D eigenvalue weighted by Gasteiger charge is 2.03. The molecule has 4 heteroatoms. The minimum Gasteiger partial charge on any atom is -0.394 e. The Morgan fingerprint density at radius 1 is 1.42 bits per heavy atom. The highest BCUT2D eigenvalue weighted by molar-refractivity contribution is 4.60. The van der Waals surface area contributed by atoms with Gasteiger partial charge in [-0.15, -0.1) is 0 Å².